The number of nitrogens with zero attached hydrogens (tertiary/aromatic N) is 2. The second-order valence-corrected chi connectivity index (χ2v) is 4.75. The van der Waals surface area contributed by atoms with E-state index in [9.17, 15) is 9.59 Å². The minimum absolute atomic E-state index is 0.191. The quantitative estimate of drug-likeness (QED) is 0.545. The number of carbonyl (C=O) groups is 2. The van der Waals surface area contributed by atoms with Crippen LogP contribution in [0.3, 0.4) is 0 Å². The number of amides is 2. The first kappa shape index (κ1) is 11.7. The van der Waals surface area contributed by atoms with Gasteiger partial charge in [-0.25, -0.2) is 4.90 Å². The zero-order valence-electron chi connectivity index (χ0n) is 10.7. The van der Waals surface area contributed by atoms with E-state index in [-0.39, 0.29) is 5.82 Å². The Balaban J connectivity index is 1.91. The van der Waals surface area contributed by atoms with Crippen LogP contribution in [0.4, 0.5) is 11.5 Å². The molecule has 2 heterocycles. The highest BCUT2D eigenvalue weighted by Crippen LogP contribution is 2.33. The summed E-state index contributed by atoms with van der Waals surface area (Å²) in [7, 11) is 0. The van der Waals surface area contributed by atoms with Crippen LogP contribution in [-0.2, 0) is 0 Å². The Kier molecular flexibility index (Phi) is 2.18. The SMILES string of the molecule is Nc1ccc2c(N3C(=O)c4ccccc4C3=O)noc2c1. The molecule has 0 saturated heterocycles. The van der Waals surface area contributed by atoms with Gasteiger partial charge in [-0.2, -0.15) is 0 Å². The number of hydrogen-bond donors (Lipinski definition) is 1. The summed E-state index contributed by atoms with van der Waals surface area (Å²) in [5.41, 5.74) is 7.37. The van der Waals surface area contributed by atoms with Gasteiger partial charge in [0.15, 0.2) is 11.4 Å². The topological polar surface area (TPSA) is 89.4 Å². The van der Waals surface area contributed by atoms with E-state index in [0.29, 0.717) is 27.8 Å². The lowest BCUT2D eigenvalue weighted by atomic mass is 10.1. The molecule has 6 nitrogen and oxygen atoms in total. The zero-order valence-corrected chi connectivity index (χ0v) is 10.7. The molecule has 2 amide bonds. The average Bonchev–Trinajstić information content (AvgIpc) is 2.99. The second-order valence-electron chi connectivity index (χ2n) is 4.75. The molecule has 4 rings (SSSR count). The normalized spacial score (nSPS) is 14.0. The number of carbonyl (C=O) groups excluding carboxylic acids is 2. The fourth-order valence-corrected chi connectivity index (χ4v) is 2.48. The first-order valence-electron chi connectivity index (χ1n) is 6.29. The van der Waals surface area contributed by atoms with Crippen molar-refractivity contribution in [1.29, 1.82) is 0 Å². The van der Waals surface area contributed by atoms with E-state index in [0.717, 1.165) is 4.90 Å². The molecule has 102 valence electrons. The van der Waals surface area contributed by atoms with E-state index in [1.165, 1.54) is 0 Å². The molecule has 0 bridgehead atoms. The van der Waals surface area contributed by atoms with Crippen molar-refractivity contribution >= 4 is 34.3 Å². The van der Waals surface area contributed by atoms with Gasteiger partial charge >= 0.3 is 0 Å². The van der Waals surface area contributed by atoms with Gasteiger partial charge in [0.2, 0.25) is 0 Å². The molecule has 0 spiro atoms. The van der Waals surface area contributed by atoms with Crippen LogP contribution in [0.1, 0.15) is 20.7 Å². The fourth-order valence-electron chi connectivity index (χ4n) is 2.48. The van der Waals surface area contributed by atoms with Crippen molar-refractivity contribution in [3.8, 4) is 0 Å². The van der Waals surface area contributed by atoms with Gasteiger partial charge in [0.05, 0.1) is 16.5 Å². The number of nitrogens with two attached hydrogens (primary N) is 1. The summed E-state index contributed by atoms with van der Waals surface area (Å²) in [6, 6.07) is 11.6. The smallest absolute Gasteiger partial charge is 0.267 e. The van der Waals surface area contributed by atoms with Crippen LogP contribution in [-0.4, -0.2) is 17.0 Å². The number of anilines is 2. The number of nitrogen functional groups attached to an aromatic ring is 1. The Morgan fingerprint density at radius 1 is 1.00 bits per heavy atom. The van der Waals surface area contributed by atoms with E-state index in [2.05, 4.69) is 5.16 Å². The molecule has 0 fully saturated rings. The maximum absolute atomic E-state index is 12.4. The second kappa shape index (κ2) is 3.92. The summed E-state index contributed by atoms with van der Waals surface area (Å²) >= 11 is 0. The molecule has 2 aromatic carbocycles. The number of rotatable bonds is 1. The van der Waals surface area contributed by atoms with Crippen LogP contribution in [0.25, 0.3) is 11.0 Å². The van der Waals surface area contributed by atoms with Crippen LogP contribution in [0.5, 0.6) is 0 Å². The molecule has 0 radical (unpaired) electrons. The van der Waals surface area contributed by atoms with Gasteiger partial charge in [0, 0.05) is 11.8 Å². The standard InChI is InChI=1S/C15H9N3O3/c16-8-5-6-11-12(7-8)21-17-13(11)18-14(19)9-3-1-2-4-10(9)15(18)20/h1-7H,16H2. The van der Waals surface area contributed by atoms with E-state index in [1.54, 1.807) is 42.5 Å². The van der Waals surface area contributed by atoms with Gasteiger partial charge in [-0.1, -0.05) is 17.3 Å². The lowest BCUT2D eigenvalue weighted by Gasteiger charge is -2.09. The van der Waals surface area contributed by atoms with Gasteiger partial charge in [-0.3, -0.25) is 9.59 Å². The third kappa shape index (κ3) is 1.50. The predicted molar refractivity (Wildman–Crippen MR) is 76.0 cm³/mol. The van der Waals surface area contributed by atoms with Crippen molar-refractivity contribution in [3.63, 3.8) is 0 Å². The third-order valence-electron chi connectivity index (χ3n) is 3.48. The predicted octanol–water partition coefficient (Wildman–Crippen LogP) is 2.21. The average molecular weight is 279 g/mol. The Bertz CT molecular complexity index is 878. The zero-order chi connectivity index (χ0) is 14.6. The van der Waals surface area contributed by atoms with Crippen molar-refractivity contribution in [2.75, 3.05) is 10.6 Å². The molecular weight excluding hydrogens is 270 g/mol. The molecule has 2 N–H and O–H groups in total. The first-order valence-corrected chi connectivity index (χ1v) is 6.29. The molecule has 1 aromatic heterocycles. The fraction of sp³-hybridized carbons (Fsp3) is 0. The van der Waals surface area contributed by atoms with Crippen molar-refractivity contribution in [3.05, 3.63) is 53.6 Å². The van der Waals surface area contributed by atoms with Gasteiger partial charge in [0.25, 0.3) is 11.8 Å². The lowest BCUT2D eigenvalue weighted by Crippen LogP contribution is -2.29. The maximum Gasteiger partial charge on any atom is 0.267 e. The van der Waals surface area contributed by atoms with Crippen molar-refractivity contribution in [2.45, 2.75) is 0 Å². The van der Waals surface area contributed by atoms with E-state index >= 15 is 0 Å². The Labute approximate surface area is 118 Å². The van der Waals surface area contributed by atoms with Crippen LogP contribution >= 0.6 is 0 Å². The molecule has 0 saturated carbocycles. The summed E-state index contributed by atoms with van der Waals surface area (Å²) in [6.45, 7) is 0. The van der Waals surface area contributed by atoms with Crippen molar-refractivity contribution in [2.24, 2.45) is 0 Å². The highest BCUT2D eigenvalue weighted by Gasteiger charge is 2.38. The summed E-state index contributed by atoms with van der Waals surface area (Å²) in [4.78, 5) is 25.9. The van der Waals surface area contributed by atoms with E-state index in [4.69, 9.17) is 10.3 Å². The molecule has 3 aromatic rings. The number of aromatic nitrogens is 1. The number of fused-ring (bicyclic) bond motifs is 2. The van der Waals surface area contributed by atoms with Gasteiger partial charge < -0.3 is 10.3 Å². The Morgan fingerprint density at radius 2 is 1.67 bits per heavy atom. The summed E-state index contributed by atoms with van der Waals surface area (Å²) in [6.07, 6.45) is 0. The molecule has 0 atom stereocenters. The maximum atomic E-state index is 12.4. The number of hydrogen-bond acceptors (Lipinski definition) is 5. The summed E-state index contributed by atoms with van der Waals surface area (Å²) in [5, 5.41) is 4.42. The molecule has 21 heavy (non-hydrogen) atoms. The van der Waals surface area contributed by atoms with Gasteiger partial charge in [0.1, 0.15) is 0 Å². The highest BCUT2D eigenvalue weighted by molar-refractivity contribution is 6.35. The van der Waals surface area contributed by atoms with Gasteiger partial charge in [-0.05, 0) is 24.3 Å². The molecule has 0 aliphatic carbocycles. The van der Waals surface area contributed by atoms with E-state index in [1.807, 2.05) is 0 Å². The minimum Gasteiger partial charge on any atom is -0.399 e. The lowest BCUT2D eigenvalue weighted by molar-refractivity contribution is 0.0924. The molecule has 0 unspecified atom stereocenters. The summed E-state index contributed by atoms with van der Waals surface area (Å²) in [5.74, 6) is -0.610. The van der Waals surface area contributed by atoms with Gasteiger partial charge in [-0.15, -0.1) is 0 Å². The minimum atomic E-state index is -0.400. The van der Waals surface area contributed by atoms with Crippen LogP contribution in [0, 0.1) is 0 Å². The van der Waals surface area contributed by atoms with E-state index < -0.39 is 11.8 Å². The molecule has 1 aliphatic rings. The largest absolute Gasteiger partial charge is 0.399 e. The third-order valence-corrected chi connectivity index (χ3v) is 3.48. The van der Waals surface area contributed by atoms with Crippen molar-refractivity contribution < 1.29 is 14.1 Å². The number of imide groups is 1. The molecular formula is C15H9N3O3. The Hall–Kier alpha value is -3.15. The first-order chi connectivity index (χ1) is 10.2. The van der Waals surface area contributed by atoms with Crippen LogP contribution < -0.4 is 10.6 Å². The van der Waals surface area contributed by atoms with Crippen molar-refractivity contribution in [1.82, 2.24) is 5.16 Å². The Morgan fingerprint density at radius 3 is 2.33 bits per heavy atom. The molecule has 1 aliphatic heterocycles. The van der Waals surface area contributed by atoms with Crippen LogP contribution in [0.15, 0.2) is 47.0 Å². The molecule has 6 heteroatoms. The summed E-state index contributed by atoms with van der Waals surface area (Å²) < 4.78 is 5.16. The number of benzene rings is 2. The monoisotopic (exact) mass is 279 g/mol. The van der Waals surface area contributed by atoms with Crippen LogP contribution in [0.2, 0.25) is 0 Å². The highest BCUT2D eigenvalue weighted by atomic mass is 16.5.